The predicted molar refractivity (Wildman–Crippen MR) is 104 cm³/mol. The molecule has 0 amide bonds. The van der Waals surface area contributed by atoms with Gasteiger partial charge in [0.05, 0.1) is 22.7 Å². The number of hydrogen-bond acceptors (Lipinski definition) is 4. The zero-order valence-corrected chi connectivity index (χ0v) is 14.4. The fraction of sp³-hybridized carbons (Fsp3) is 0.0952. The Morgan fingerprint density at radius 1 is 1.07 bits per heavy atom. The maximum absolute atomic E-state index is 13.0. The van der Waals surface area contributed by atoms with Gasteiger partial charge >= 0.3 is 0 Å². The van der Waals surface area contributed by atoms with Gasteiger partial charge in [0, 0.05) is 37.1 Å². The minimum absolute atomic E-state index is 0.0656. The highest BCUT2D eigenvalue weighted by molar-refractivity contribution is 5.93. The van der Waals surface area contributed by atoms with E-state index in [4.69, 9.17) is 4.42 Å². The number of aryl methyl sites for hydroxylation is 2. The second-order valence-corrected chi connectivity index (χ2v) is 6.39. The van der Waals surface area contributed by atoms with Gasteiger partial charge in [-0.2, -0.15) is 0 Å². The Hall–Kier alpha value is -3.67. The summed E-state index contributed by atoms with van der Waals surface area (Å²) in [4.78, 5) is 24.9. The van der Waals surface area contributed by atoms with Crippen LogP contribution in [-0.2, 0) is 13.0 Å². The summed E-state index contributed by atoms with van der Waals surface area (Å²) in [6.07, 6.45) is 7.45. The van der Waals surface area contributed by atoms with Crippen molar-refractivity contribution in [1.82, 2.24) is 19.5 Å². The van der Waals surface area contributed by atoms with Crippen LogP contribution in [0.15, 0.2) is 76.5 Å². The lowest BCUT2D eigenvalue weighted by molar-refractivity contribution is 0.611. The Morgan fingerprint density at radius 2 is 1.93 bits per heavy atom. The van der Waals surface area contributed by atoms with Gasteiger partial charge in [0.1, 0.15) is 11.4 Å². The van der Waals surface area contributed by atoms with Crippen molar-refractivity contribution in [2.75, 3.05) is 0 Å². The second-order valence-electron chi connectivity index (χ2n) is 6.39. The highest BCUT2D eigenvalue weighted by atomic mass is 16.3. The highest BCUT2D eigenvalue weighted by Crippen LogP contribution is 2.27. The summed E-state index contributed by atoms with van der Waals surface area (Å²) in [5, 5.41) is 0.591. The molecule has 5 rings (SSSR count). The van der Waals surface area contributed by atoms with Crippen LogP contribution in [0.25, 0.3) is 33.1 Å². The van der Waals surface area contributed by atoms with E-state index in [1.807, 2.05) is 42.5 Å². The Morgan fingerprint density at radius 3 is 2.78 bits per heavy atom. The number of para-hydroxylation sites is 2. The molecule has 0 bridgehead atoms. The number of aromatic amines is 1. The van der Waals surface area contributed by atoms with Crippen molar-refractivity contribution in [3.05, 3.63) is 83.5 Å². The summed E-state index contributed by atoms with van der Waals surface area (Å²) in [5.41, 5.74) is 4.16. The standard InChI is InChI=1S/C21H16N4O2/c26-21-20-15(14-5-9-22-10-6-14)13-27-18(20)7-11-25(21)12-8-19-23-16-3-1-2-4-17(16)24-19/h1-7,9-11,13H,8,12H2,(H,23,24). The van der Waals surface area contributed by atoms with Crippen LogP contribution in [0.4, 0.5) is 0 Å². The molecule has 6 nitrogen and oxygen atoms in total. The maximum Gasteiger partial charge on any atom is 0.262 e. The number of pyridine rings is 2. The third-order valence-corrected chi connectivity index (χ3v) is 4.72. The Bertz CT molecular complexity index is 1270. The molecule has 6 heteroatoms. The molecule has 27 heavy (non-hydrogen) atoms. The van der Waals surface area contributed by atoms with Crippen molar-refractivity contribution in [2.24, 2.45) is 0 Å². The summed E-state index contributed by atoms with van der Waals surface area (Å²) in [5.74, 6) is 0.866. The molecule has 0 aliphatic rings. The van der Waals surface area contributed by atoms with Gasteiger partial charge < -0.3 is 14.0 Å². The summed E-state index contributed by atoms with van der Waals surface area (Å²) in [6, 6.07) is 13.5. The van der Waals surface area contributed by atoms with Crippen LogP contribution in [0.2, 0.25) is 0 Å². The van der Waals surface area contributed by atoms with Crippen LogP contribution in [0.3, 0.4) is 0 Å². The van der Waals surface area contributed by atoms with Gasteiger partial charge in [-0.25, -0.2) is 4.98 Å². The zero-order valence-electron chi connectivity index (χ0n) is 14.4. The van der Waals surface area contributed by atoms with Crippen molar-refractivity contribution in [2.45, 2.75) is 13.0 Å². The topological polar surface area (TPSA) is 76.7 Å². The number of imidazole rings is 1. The van der Waals surface area contributed by atoms with Crippen LogP contribution >= 0.6 is 0 Å². The molecule has 0 atom stereocenters. The van der Waals surface area contributed by atoms with Crippen LogP contribution in [0.1, 0.15) is 5.82 Å². The van der Waals surface area contributed by atoms with Crippen molar-refractivity contribution < 1.29 is 4.42 Å². The molecule has 0 saturated carbocycles. The number of nitrogens with one attached hydrogen (secondary N) is 1. The minimum atomic E-state index is -0.0656. The minimum Gasteiger partial charge on any atom is -0.463 e. The number of fused-ring (bicyclic) bond motifs is 2. The van der Waals surface area contributed by atoms with E-state index >= 15 is 0 Å². The van der Waals surface area contributed by atoms with Gasteiger partial charge in [0.25, 0.3) is 5.56 Å². The number of hydrogen-bond donors (Lipinski definition) is 1. The van der Waals surface area contributed by atoms with Crippen molar-refractivity contribution in [1.29, 1.82) is 0 Å². The van der Waals surface area contributed by atoms with E-state index in [0.29, 0.717) is 23.9 Å². The zero-order chi connectivity index (χ0) is 18.2. The van der Waals surface area contributed by atoms with Gasteiger partial charge in [-0.1, -0.05) is 12.1 Å². The first-order valence-electron chi connectivity index (χ1n) is 8.74. The van der Waals surface area contributed by atoms with Crippen LogP contribution in [0, 0.1) is 0 Å². The second kappa shape index (κ2) is 6.25. The Labute approximate surface area is 154 Å². The number of nitrogens with zero attached hydrogens (tertiary/aromatic N) is 3. The highest BCUT2D eigenvalue weighted by Gasteiger charge is 2.14. The number of rotatable bonds is 4. The third-order valence-electron chi connectivity index (χ3n) is 4.72. The SMILES string of the molecule is O=c1c2c(-c3ccncc3)coc2ccn1CCc1nc2ccccc2[nH]1. The summed E-state index contributed by atoms with van der Waals surface area (Å²) in [6.45, 7) is 0.537. The third kappa shape index (κ3) is 2.71. The van der Waals surface area contributed by atoms with E-state index in [0.717, 1.165) is 28.0 Å². The number of aromatic nitrogens is 4. The molecule has 1 N–H and O–H groups in total. The molecule has 5 aromatic rings. The van der Waals surface area contributed by atoms with Gasteiger partial charge in [-0.05, 0) is 35.9 Å². The van der Waals surface area contributed by atoms with Crippen molar-refractivity contribution >= 4 is 22.0 Å². The first kappa shape index (κ1) is 15.6. The Kier molecular flexibility index (Phi) is 3.60. The average molecular weight is 356 g/mol. The molecule has 0 saturated heterocycles. The molecular formula is C21H16N4O2. The molecular weight excluding hydrogens is 340 g/mol. The lowest BCUT2D eigenvalue weighted by Gasteiger charge is -2.05. The van der Waals surface area contributed by atoms with E-state index in [2.05, 4.69) is 15.0 Å². The first-order valence-corrected chi connectivity index (χ1v) is 8.74. The quantitative estimate of drug-likeness (QED) is 0.532. The molecule has 132 valence electrons. The predicted octanol–water partition coefficient (Wildman–Crippen LogP) is 3.78. The molecule has 1 aromatic carbocycles. The van der Waals surface area contributed by atoms with Crippen LogP contribution in [-0.4, -0.2) is 19.5 Å². The van der Waals surface area contributed by atoms with E-state index < -0.39 is 0 Å². The lowest BCUT2D eigenvalue weighted by Crippen LogP contribution is -2.20. The molecule has 0 unspecified atom stereocenters. The normalized spacial score (nSPS) is 11.4. The van der Waals surface area contributed by atoms with Gasteiger partial charge in [-0.3, -0.25) is 9.78 Å². The van der Waals surface area contributed by atoms with E-state index in [1.54, 1.807) is 29.4 Å². The number of benzene rings is 1. The maximum atomic E-state index is 13.0. The smallest absolute Gasteiger partial charge is 0.262 e. The van der Waals surface area contributed by atoms with E-state index in [9.17, 15) is 4.79 Å². The molecule has 0 radical (unpaired) electrons. The molecule has 4 aromatic heterocycles. The molecule has 4 heterocycles. The largest absolute Gasteiger partial charge is 0.463 e. The van der Waals surface area contributed by atoms with Crippen LogP contribution < -0.4 is 5.56 Å². The van der Waals surface area contributed by atoms with Gasteiger partial charge in [0.2, 0.25) is 0 Å². The summed E-state index contributed by atoms with van der Waals surface area (Å²) < 4.78 is 7.29. The van der Waals surface area contributed by atoms with Crippen molar-refractivity contribution in [3.8, 4) is 11.1 Å². The number of H-pyrrole nitrogens is 1. The monoisotopic (exact) mass is 356 g/mol. The van der Waals surface area contributed by atoms with Crippen molar-refractivity contribution in [3.63, 3.8) is 0 Å². The average Bonchev–Trinajstić information content (AvgIpc) is 3.32. The molecule has 0 fully saturated rings. The summed E-state index contributed by atoms with van der Waals surface area (Å²) >= 11 is 0. The molecule has 0 aliphatic carbocycles. The van der Waals surface area contributed by atoms with E-state index in [-0.39, 0.29) is 5.56 Å². The lowest BCUT2D eigenvalue weighted by atomic mass is 10.1. The molecule has 0 aliphatic heterocycles. The van der Waals surface area contributed by atoms with Crippen LogP contribution in [0.5, 0.6) is 0 Å². The first-order chi connectivity index (χ1) is 13.3. The summed E-state index contributed by atoms with van der Waals surface area (Å²) in [7, 11) is 0. The Balaban J connectivity index is 1.50. The number of furan rings is 1. The molecule has 0 spiro atoms. The van der Waals surface area contributed by atoms with E-state index in [1.165, 1.54) is 0 Å². The van der Waals surface area contributed by atoms with Gasteiger partial charge in [-0.15, -0.1) is 0 Å². The fourth-order valence-corrected chi connectivity index (χ4v) is 3.36. The fourth-order valence-electron chi connectivity index (χ4n) is 3.36. The van der Waals surface area contributed by atoms with Gasteiger partial charge in [0.15, 0.2) is 0 Å².